The van der Waals surface area contributed by atoms with E-state index in [2.05, 4.69) is 0 Å². The molecular weight excluding hydrogens is 143 g/mol. The maximum atomic E-state index is 10.1. The van der Waals surface area contributed by atoms with Crippen molar-refractivity contribution in [2.24, 2.45) is 0 Å². The second-order valence-electron chi connectivity index (χ2n) is 2.08. The van der Waals surface area contributed by atoms with Crippen molar-refractivity contribution in [2.45, 2.75) is 19.3 Å². The molecule has 0 atom stereocenters. The average molecular weight is 152 g/mol. The molecule has 1 aliphatic heterocycles. The Morgan fingerprint density at radius 1 is 1.50 bits per heavy atom. The molecule has 1 saturated heterocycles. The van der Waals surface area contributed by atoms with E-state index in [0.717, 1.165) is 24.3 Å². The quantitative estimate of drug-likeness (QED) is 0.186. The molecule has 0 saturated carbocycles. The van der Waals surface area contributed by atoms with E-state index in [4.69, 9.17) is 0 Å². The Labute approximate surface area is 82.0 Å². The minimum absolute atomic E-state index is 0. The van der Waals surface area contributed by atoms with Crippen LogP contribution in [0.3, 0.4) is 0 Å². The fourth-order valence-corrected chi connectivity index (χ4v) is 0.898. The molecule has 0 unspecified atom stereocenters. The smallest absolute Gasteiger partial charge is 0.270 e. The first-order valence-corrected chi connectivity index (χ1v) is 3.05. The number of hydrogen-bond donors (Lipinski definition) is 0. The molecular formula is C5H9N2NaO2. The first-order valence-electron chi connectivity index (χ1n) is 3.05. The van der Waals surface area contributed by atoms with Crippen LogP contribution in [0.1, 0.15) is 19.3 Å². The van der Waals surface area contributed by atoms with Crippen LogP contribution < -0.4 is 29.6 Å². The predicted molar refractivity (Wildman–Crippen MR) is 31.9 cm³/mol. The Bertz CT molecular complexity index is 114. The molecule has 1 fully saturated rings. The summed E-state index contributed by atoms with van der Waals surface area (Å²) in [6, 6.07) is 0. The molecule has 0 aromatic carbocycles. The summed E-state index contributed by atoms with van der Waals surface area (Å²) in [6.45, 7) is 2.22. The van der Waals surface area contributed by atoms with E-state index in [9.17, 15) is 10.1 Å². The van der Waals surface area contributed by atoms with Gasteiger partial charge in [-0.15, -0.1) is 0 Å². The van der Waals surface area contributed by atoms with E-state index < -0.39 is 0 Å². The van der Waals surface area contributed by atoms with Gasteiger partial charge >= 0.3 is 29.6 Å². The maximum absolute atomic E-state index is 10.1. The van der Waals surface area contributed by atoms with Gasteiger partial charge in [0.25, 0.3) is 0 Å². The molecule has 0 aliphatic carbocycles. The third-order valence-corrected chi connectivity index (χ3v) is 1.39. The fourth-order valence-electron chi connectivity index (χ4n) is 0.898. The van der Waals surface area contributed by atoms with Crippen LogP contribution in [0.25, 0.3) is 0 Å². The van der Waals surface area contributed by atoms with Gasteiger partial charge in [-0.3, -0.25) is 5.01 Å². The molecule has 0 radical (unpaired) electrons. The van der Waals surface area contributed by atoms with E-state index in [1.165, 1.54) is 0 Å². The van der Waals surface area contributed by atoms with Crippen LogP contribution >= 0.6 is 0 Å². The zero-order valence-electron chi connectivity index (χ0n) is 6.12. The standard InChI is InChI=1S/C5H9N2O2.Na/c8-7(9)6-4-2-1-3-5-6;/h4H,1-3,5H2;/q-1;+1. The summed E-state index contributed by atoms with van der Waals surface area (Å²) in [5.74, 6) is 0. The van der Waals surface area contributed by atoms with Crippen molar-refractivity contribution in [3.63, 3.8) is 0 Å². The molecule has 4 nitrogen and oxygen atoms in total. The second kappa shape index (κ2) is 4.93. The Morgan fingerprint density at radius 3 is 2.50 bits per heavy atom. The van der Waals surface area contributed by atoms with E-state index in [1.807, 2.05) is 0 Å². The molecule has 1 aliphatic rings. The molecule has 10 heavy (non-hydrogen) atoms. The number of hydrazine groups is 1. The van der Waals surface area contributed by atoms with Gasteiger partial charge in [-0.05, 0) is 6.42 Å². The summed E-state index contributed by atoms with van der Waals surface area (Å²) >= 11 is 0. The summed E-state index contributed by atoms with van der Waals surface area (Å²) in [5, 5.41) is 10.8. The van der Waals surface area contributed by atoms with Gasteiger partial charge in [0.05, 0.1) is 0 Å². The van der Waals surface area contributed by atoms with Crippen molar-refractivity contribution in [3.8, 4) is 0 Å². The molecule has 0 aromatic heterocycles. The number of nitro groups is 1. The Hall–Kier alpha value is 0.200. The first kappa shape index (κ1) is 10.2. The van der Waals surface area contributed by atoms with Crippen molar-refractivity contribution in [2.75, 3.05) is 6.54 Å². The second-order valence-corrected chi connectivity index (χ2v) is 2.08. The largest absolute Gasteiger partial charge is 1.00 e. The van der Waals surface area contributed by atoms with Gasteiger partial charge in [0.15, 0.2) is 0 Å². The van der Waals surface area contributed by atoms with Crippen molar-refractivity contribution in [1.29, 1.82) is 0 Å². The summed E-state index contributed by atoms with van der Waals surface area (Å²) in [4.78, 5) is 10.1. The fraction of sp³-hybridized carbons (Fsp3) is 0.800. The first-order chi connectivity index (χ1) is 4.30. The number of nitrogens with zero attached hydrogens (tertiary/aromatic N) is 2. The van der Waals surface area contributed by atoms with Gasteiger partial charge in [-0.25, -0.2) is 10.1 Å². The van der Waals surface area contributed by atoms with Gasteiger partial charge in [-0.1, -0.05) is 6.42 Å². The average Bonchev–Trinajstić information content (AvgIpc) is 1.90. The molecule has 5 heteroatoms. The van der Waals surface area contributed by atoms with Crippen molar-refractivity contribution >= 4 is 0 Å². The molecule has 0 N–H and O–H groups in total. The molecule has 0 bridgehead atoms. The van der Waals surface area contributed by atoms with Crippen LogP contribution in [-0.4, -0.2) is 16.6 Å². The predicted octanol–water partition coefficient (Wildman–Crippen LogP) is -2.17. The van der Waals surface area contributed by atoms with Crippen molar-refractivity contribution in [3.05, 3.63) is 16.7 Å². The number of rotatable bonds is 1. The van der Waals surface area contributed by atoms with Crippen LogP contribution in [-0.2, 0) is 0 Å². The summed E-state index contributed by atoms with van der Waals surface area (Å²) in [5.41, 5.74) is 0. The molecule has 0 aromatic rings. The van der Waals surface area contributed by atoms with Gasteiger partial charge in [-0.2, -0.15) is 13.0 Å². The van der Waals surface area contributed by atoms with Crippen LogP contribution in [0.2, 0.25) is 0 Å². The molecule has 1 rings (SSSR count). The van der Waals surface area contributed by atoms with Crippen LogP contribution in [0, 0.1) is 16.7 Å². The van der Waals surface area contributed by atoms with E-state index >= 15 is 0 Å². The monoisotopic (exact) mass is 152 g/mol. The molecule has 0 spiro atoms. The summed E-state index contributed by atoms with van der Waals surface area (Å²) in [7, 11) is 0. The minimum atomic E-state index is -0.362. The van der Waals surface area contributed by atoms with Gasteiger partial charge in [0, 0.05) is 6.54 Å². The third kappa shape index (κ3) is 2.86. The maximum Gasteiger partial charge on any atom is 1.00 e. The molecule has 52 valence electrons. The number of hydrogen-bond acceptors (Lipinski definition) is 2. The zero-order valence-corrected chi connectivity index (χ0v) is 8.12. The van der Waals surface area contributed by atoms with Crippen molar-refractivity contribution < 1.29 is 34.6 Å². The summed E-state index contributed by atoms with van der Waals surface area (Å²) < 4.78 is 0. The summed E-state index contributed by atoms with van der Waals surface area (Å²) in [6.07, 6.45) is 2.88. The Kier molecular flexibility index (Phi) is 5.03. The topological polar surface area (TPSA) is 46.4 Å². The molecule has 0 amide bonds. The molecule has 1 heterocycles. The van der Waals surface area contributed by atoms with E-state index in [1.54, 1.807) is 6.54 Å². The third-order valence-electron chi connectivity index (χ3n) is 1.39. The normalized spacial score (nSPS) is 17.8. The van der Waals surface area contributed by atoms with Gasteiger partial charge in [0.1, 0.15) is 5.03 Å². The van der Waals surface area contributed by atoms with Crippen molar-refractivity contribution in [1.82, 2.24) is 5.01 Å². The Balaban J connectivity index is 0.000000810. The van der Waals surface area contributed by atoms with Crippen LogP contribution in [0.4, 0.5) is 0 Å². The van der Waals surface area contributed by atoms with Crippen LogP contribution in [0.5, 0.6) is 0 Å². The van der Waals surface area contributed by atoms with Gasteiger partial charge < -0.3 is 0 Å². The minimum Gasteiger partial charge on any atom is -0.270 e. The van der Waals surface area contributed by atoms with Gasteiger partial charge in [0.2, 0.25) is 0 Å². The van der Waals surface area contributed by atoms with E-state index in [-0.39, 0.29) is 34.6 Å². The Morgan fingerprint density at radius 2 is 2.20 bits per heavy atom. The SMILES string of the molecule is O=[N+]([O-])N1[CH-]CCCC1.[Na+]. The van der Waals surface area contributed by atoms with E-state index in [0.29, 0.717) is 6.54 Å². The van der Waals surface area contributed by atoms with Crippen LogP contribution in [0.15, 0.2) is 0 Å². The number of piperidine rings is 1. The zero-order chi connectivity index (χ0) is 6.69.